The zero-order valence-electron chi connectivity index (χ0n) is 11.4. The van der Waals surface area contributed by atoms with Crippen LogP contribution in [0.1, 0.15) is 20.9 Å². The van der Waals surface area contributed by atoms with Gasteiger partial charge >= 0.3 is 0 Å². The van der Waals surface area contributed by atoms with Crippen molar-refractivity contribution in [2.24, 2.45) is 0 Å². The van der Waals surface area contributed by atoms with Crippen molar-refractivity contribution >= 4 is 46.0 Å². The molecule has 0 saturated heterocycles. The lowest BCUT2D eigenvalue weighted by Gasteiger charge is -2.21. The van der Waals surface area contributed by atoms with Crippen LogP contribution in [0.5, 0.6) is 0 Å². The molecule has 3 rings (SSSR count). The third-order valence-electron chi connectivity index (χ3n) is 3.42. The Balaban J connectivity index is 1.93. The minimum atomic E-state index is -0.612. The number of rotatable bonds is 3. The number of halogens is 1. The first-order valence-corrected chi connectivity index (χ1v) is 7.52. The highest BCUT2D eigenvalue weighted by atomic mass is 35.5. The average molecular weight is 322 g/mol. The van der Waals surface area contributed by atoms with Gasteiger partial charge in [-0.3, -0.25) is 9.59 Å². The maximum atomic E-state index is 11.6. The normalized spacial score (nSPS) is 13.3. The van der Waals surface area contributed by atoms with Gasteiger partial charge in [0.1, 0.15) is 0 Å². The van der Waals surface area contributed by atoms with Crippen LogP contribution in [0.4, 0.5) is 11.4 Å². The quantitative estimate of drug-likeness (QED) is 0.883. The third-order valence-corrected chi connectivity index (χ3v) is 4.65. The zero-order valence-corrected chi connectivity index (χ0v) is 13.0. The van der Waals surface area contributed by atoms with E-state index in [1.807, 2.05) is 24.4 Å². The van der Waals surface area contributed by atoms with Gasteiger partial charge in [-0.1, -0.05) is 11.6 Å². The number of ketones is 1. The van der Waals surface area contributed by atoms with Crippen LogP contribution in [-0.2, 0) is 11.3 Å². The lowest BCUT2D eigenvalue weighted by atomic mass is 10.1. The number of aromatic nitrogens is 1. The van der Waals surface area contributed by atoms with E-state index < -0.39 is 11.7 Å². The van der Waals surface area contributed by atoms with E-state index in [9.17, 15) is 9.59 Å². The highest BCUT2D eigenvalue weighted by molar-refractivity contribution is 7.09. The molecule has 21 heavy (non-hydrogen) atoms. The van der Waals surface area contributed by atoms with Crippen molar-refractivity contribution in [1.82, 2.24) is 4.98 Å². The Bertz CT molecular complexity index is 757. The predicted molar refractivity (Wildman–Crippen MR) is 83.4 cm³/mol. The van der Waals surface area contributed by atoms with Crippen LogP contribution in [0.2, 0.25) is 5.02 Å². The molecule has 5 nitrogen and oxygen atoms in total. The summed E-state index contributed by atoms with van der Waals surface area (Å²) in [7, 11) is 1.91. The number of hydrogen-bond acceptors (Lipinski definition) is 5. The Kier molecular flexibility index (Phi) is 3.43. The number of anilines is 2. The van der Waals surface area contributed by atoms with Crippen molar-refractivity contribution in [2.75, 3.05) is 17.3 Å². The summed E-state index contributed by atoms with van der Waals surface area (Å²) in [5, 5.41) is 3.00. The molecule has 2 heterocycles. The van der Waals surface area contributed by atoms with Gasteiger partial charge in [0.15, 0.2) is 0 Å². The molecule has 1 aromatic heterocycles. The third kappa shape index (κ3) is 2.41. The van der Waals surface area contributed by atoms with Gasteiger partial charge in [0, 0.05) is 11.9 Å². The second-order valence-corrected chi connectivity index (χ2v) is 6.20. The summed E-state index contributed by atoms with van der Waals surface area (Å²) in [5.74, 6) is -1.15. The molecule has 0 bridgehead atoms. The van der Waals surface area contributed by atoms with Gasteiger partial charge in [-0.2, -0.15) is 0 Å². The molecular weight excluding hydrogens is 310 g/mol. The Morgan fingerprint density at radius 1 is 1.38 bits per heavy atom. The highest BCUT2D eigenvalue weighted by Gasteiger charge is 2.29. The average Bonchev–Trinajstić information content (AvgIpc) is 2.95. The SMILES string of the molecule is Cc1ncsc1CN(C)c1cc2c(cc1Cl)C(=O)C(=O)N2. The molecule has 1 aliphatic rings. The summed E-state index contributed by atoms with van der Waals surface area (Å²) in [6.45, 7) is 2.62. The number of Topliss-reactive ketones (excluding diaryl/α,β-unsaturated/α-hetero) is 1. The van der Waals surface area contributed by atoms with Gasteiger partial charge in [0.25, 0.3) is 11.7 Å². The molecule has 0 fully saturated rings. The predicted octanol–water partition coefficient (Wildman–Crippen LogP) is 2.88. The number of amides is 1. The van der Waals surface area contributed by atoms with Gasteiger partial charge in [0.05, 0.1) is 39.7 Å². The molecule has 2 aromatic rings. The highest BCUT2D eigenvalue weighted by Crippen LogP contribution is 2.35. The van der Waals surface area contributed by atoms with Gasteiger partial charge in [-0.05, 0) is 19.1 Å². The van der Waals surface area contributed by atoms with E-state index in [0.29, 0.717) is 22.8 Å². The first kappa shape index (κ1) is 14.0. The molecule has 0 unspecified atom stereocenters. The van der Waals surface area contributed by atoms with E-state index in [4.69, 9.17) is 11.6 Å². The maximum absolute atomic E-state index is 11.6. The molecule has 108 valence electrons. The molecule has 1 aliphatic heterocycles. The summed E-state index contributed by atoms with van der Waals surface area (Å²) in [5.41, 5.74) is 4.40. The van der Waals surface area contributed by atoms with Gasteiger partial charge in [-0.25, -0.2) is 4.98 Å². The van der Waals surface area contributed by atoms with E-state index in [-0.39, 0.29) is 0 Å². The Morgan fingerprint density at radius 2 is 2.14 bits per heavy atom. The number of thiazole rings is 1. The number of hydrogen-bond donors (Lipinski definition) is 1. The van der Waals surface area contributed by atoms with E-state index >= 15 is 0 Å². The summed E-state index contributed by atoms with van der Waals surface area (Å²) in [4.78, 5) is 30.4. The van der Waals surface area contributed by atoms with Crippen molar-refractivity contribution in [3.05, 3.63) is 38.8 Å². The summed E-state index contributed by atoms with van der Waals surface area (Å²) < 4.78 is 0. The fourth-order valence-corrected chi connectivity index (χ4v) is 3.36. The monoisotopic (exact) mass is 321 g/mol. The molecule has 0 saturated carbocycles. The number of fused-ring (bicyclic) bond motifs is 1. The molecule has 0 spiro atoms. The van der Waals surface area contributed by atoms with E-state index in [1.54, 1.807) is 23.5 Å². The lowest BCUT2D eigenvalue weighted by molar-refractivity contribution is -0.112. The summed E-state index contributed by atoms with van der Waals surface area (Å²) in [6.07, 6.45) is 0. The second-order valence-electron chi connectivity index (χ2n) is 4.85. The fourth-order valence-electron chi connectivity index (χ4n) is 2.23. The Morgan fingerprint density at radius 3 is 2.81 bits per heavy atom. The molecule has 0 radical (unpaired) electrons. The Labute approximate surface area is 130 Å². The number of benzene rings is 1. The first-order valence-electron chi connectivity index (χ1n) is 6.26. The number of carbonyl (C=O) groups excluding carboxylic acids is 2. The van der Waals surface area contributed by atoms with E-state index in [1.165, 1.54) is 0 Å². The molecule has 1 amide bonds. The number of nitrogens with zero attached hydrogens (tertiary/aromatic N) is 2. The smallest absolute Gasteiger partial charge is 0.296 e. The van der Waals surface area contributed by atoms with Crippen molar-refractivity contribution < 1.29 is 9.59 Å². The van der Waals surface area contributed by atoms with E-state index in [0.717, 1.165) is 16.3 Å². The van der Waals surface area contributed by atoms with Crippen molar-refractivity contribution in [3.8, 4) is 0 Å². The molecule has 7 heteroatoms. The molecule has 1 N–H and O–H groups in total. The topological polar surface area (TPSA) is 62.3 Å². The number of aryl methyl sites for hydroxylation is 1. The minimum Gasteiger partial charge on any atom is -0.368 e. The van der Waals surface area contributed by atoms with Gasteiger partial charge in [-0.15, -0.1) is 11.3 Å². The van der Waals surface area contributed by atoms with Gasteiger partial charge in [0.2, 0.25) is 0 Å². The van der Waals surface area contributed by atoms with Crippen molar-refractivity contribution in [1.29, 1.82) is 0 Å². The summed E-state index contributed by atoms with van der Waals surface area (Å²) in [6, 6.07) is 3.28. The summed E-state index contributed by atoms with van der Waals surface area (Å²) >= 11 is 7.84. The van der Waals surface area contributed by atoms with Crippen LogP contribution >= 0.6 is 22.9 Å². The van der Waals surface area contributed by atoms with Crippen LogP contribution in [0.15, 0.2) is 17.6 Å². The van der Waals surface area contributed by atoms with Crippen LogP contribution in [0.3, 0.4) is 0 Å². The zero-order chi connectivity index (χ0) is 15.1. The largest absolute Gasteiger partial charge is 0.368 e. The van der Waals surface area contributed by atoms with Crippen LogP contribution < -0.4 is 10.2 Å². The van der Waals surface area contributed by atoms with Crippen molar-refractivity contribution in [2.45, 2.75) is 13.5 Å². The van der Waals surface area contributed by atoms with Crippen LogP contribution in [0, 0.1) is 6.92 Å². The van der Waals surface area contributed by atoms with E-state index in [2.05, 4.69) is 10.3 Å². The van der Waals surface area contributed by atoms with Crippen molar-refractivity contribution in [3.63, 3.8) is 0 Å². The first-order chi connectivity index (χ1) is 9.97. The van der Waals surface area contributed by atoms with Crippen LogP contribution in [-0.4, -0.2) is 23.7 Å². The van der Waals surface area contributed by atoms with Crippen LogP contribution in [0.25, 0.3) is 0 Å². The fraction of sp³-hybridized carbons (Fsp3) is 0.214. The molecule has 1 aromatic carbocycles. The minimum absolute atomic E-state index is 0.330. The standard InChI is InChI=1S/C14H12ClN3O2S/c1-7-12(21-6-16-7)5-18(2)11-4-10-8(3-9(11)15)13(19)14(20)17-10/h3-4,6H,5H2,1-2H3,(H,17,19,20). The maximum Gasteiger partial charge on any atom is 0.296 e. The lowest BCUT2D eigenvalue weighted by Crippen LogP contribution is -2.17. The number of nitrogens with one attached hydrogen (secondary N) is 1. The molecule has 0 aliphatic carbocycles. The number of carbonyl (C=O) groups is 2. The molecular formula is C14H12ClN3O2S. The second kappa shape index (κ2) is 5.13. The van der Waals surface area contributed by atoms with Gasteiger partial charge < -0.3 is 10.2 Å². The Hall–Kier alpha value is -1.92. The molecule has 0 atom stereocenters.